The zero-order chi connectivity index (χ0) is 13.1. The van der Waals surface area contributed by atoms with Gasteiger partial charge >= 0.3 is 0 Å². The molecule has 0 amide bonds. The number of nitrogens with zero attached hydrogens (tertiary/aromatic N) is 1. The van der Waals surface area contributed by atoms with E-state index in [1.165, 1.54) is 36.1 Å². The lowest BCUT2D eigenvalue weighted by atomic mass is 9.80. The van der Waals surface area contributed by atoms with Crippen LogP contribution in [-0.2, 0) is 6.42 Å². The van der Waals surface area contributed by atoms with Crippen molar-refractivity contribution in [2.75, 3.05) is 20.1 Å². The third-order valence-electron chi connectivity index (χ3n) is 4.10. The molecular weight excluding hydrogens is 220 g/mol. The average Bonchev–Trinajstić information content (AvgIpc) is 2.26. The minimum atomic E-state index is 0.475. The Kier molecular flexibility index (Phi) is 4.41. The number of benzene rings is 1. The Morgan fingerprint density at radius 2 is 2.00 bits per heavy atom. The highest BCUT2D eigenvalue weighted by Gasteiger charge is 2.26. The summed E-state index contributed by atoms with van der Waals surface area (Å²) in [6.45, 7) is 6.73. The molecule has 2 heteroatoms. The van der Waals surface area contributed by atoms with Gasteiger partial charge in [-0.2, -0.15) is 0 Å². The van der Waals surface area contributed by atoms with Crippen molar-refractivity contribution in [3.8, 4) is 0 Å². The van der Waals surface area contributed by atoms with Crippen molar-refractivity contribution in [3.63, 3.8) is 0 Å². The summed E-state index contributed by atoms with van der Waals surface area (Å²) in [5.74, 6) is 0.837. The Balaban J connectivity index is 1.76. The second-order valence-corrected chi connectivity index (χ2v) is 6.04. The minimum Gasteiger partial charge on any atom is -0.328 e. The quantitative estimate of drug-likeness (QED) is 0.865. The fourth-order valence-electron chi connectivity index (χ4n) is 2.91. The van der Waals surface area contributed by atoms with Gasteiger partial charge in [-0.25, -0.2) is 0 Å². The molecule has 18 heavy (non-hydrogen) atoms. The lowest BCUT2D eigenvalue weighted by Gasteiger charge is -2.35. The first-order valence-corrected chi connectivity index (χ1v) is 7.05. The Morgan fingerprint density at radius 3 is 2.61 bits per heavy atom. The van der Waals surface area contributed by atoms with E-state index in [-0.39, 0.29) is 0 Å². The van der Waals surface area contributed by atoms with Gasteiger partial charge in [-0.15, -0.1) is 0 Å². The van der Waals surface area contributed by atoms with Crippen molar-refractivity contribution < 1.29 is 0 Å². The molecule has 100 valence electrons. The number of hydrogen-bond acceptors (Lipinski definition) is 2. The maximum atomic E-state index is 5.83. The van der Waals surface area contributed by atoms with Gasteiger partial charge in [0.2, 0.25) is 0 Å². The van der Waals surface area contributed by atoms with Gasteiger partial charge in [-0.1, -0.05) is 23.8 Å². The number of aryl methyl sites for hydroxylation is 2. The van der Waals surface area contributed by atoms with Crippen LogP contribution in [-0.4, -0.2) is 31.1 Å². The van der Waals surface area contributed by atoms with Crippen molar-refractivity contribution in [1.82, 2.24) is 4.90 Å². The molecule has 0 atom stereocenters. The van der Waals surface area contributed by atoms with Gasteiger partial charge in [-0.05, 0) is 57.2 Å². The Labute approximate surface area is 111 Å². The summed E-state index contributed by atoms with van der Waals surface area (Å²) in [5.41, 5.74) is 10.1. The van der Waals surface area contributed by atoms with E-state index >= 15 is 0 Å². The average molecular weight is 246 g/mol. The lowest BCUT2D eigenvalue weighted by molar-refractivity contribution is 0.183. The van der Waals surface area contributed by atoms with Crippen molar-refractivity contribution >= 4 is 0 Å². The fourth-order valence-corrected chi connectivity index (χ4v) is 2.91. The molecule has 1 aliphatic carbocycles. The minimum absolute atomic E-state index is 0.475. The number of nitrogens with two attached hydrogens (primary N) is 1. The monoisotopic (exact) mass is 246 g/mol. The predicted molar refractivity (Wildman–Crippen MR) is 77.8 cm³/mol. The number of likely N-dealkylation sites (N-methyl/N-ethyl adjacent to an activating group) is 1. The molecular formula is C16H26N2. The Hall–Kier alpha value is -0.860. The molecule has 1 aliphatic rings. The van der Waals surface area contributed by atoms with E-state index < -0.39 is 0 Å². The summed E-state index contributed by atoms with van der Waals surface area (Å²) in [6.07, 6.45) is 3.59. The molecule has 1 saturated carbocycles. The molecule has 2 nitrogen and oxygen atoms in total. The molecule has 2 rings (SSSR count). The number of hydrogen-bond donors (Lipinski definition) is 1. The van der Waals surface area contributed by atoms with Crippen LogP contribution in [0.5, 0.6) is 0 Å². The van der Waals surface area contributed by atoms with Crippen molar-refractivity contribution in [1.29, 1.82) is 0 Å². The first-order chi connectivity index (χ1) is 8.54. The SMILES string of the molecule is Cc1ccc(CCN(C)CC2CC(N)C2)c(C)c1. The molecule has 0 saturated heterocycles. The van der Waals surface area contributed by atoms with Crippen LogP contribution in [0.15, 0.2) is 18.2 Å². The van der Waals surface area contributed by atoms with E-state index in [0.29, 0.717) is 6.04 Å². The van der Waals surface area contributed by atoms with Crippen LogP contribution in [0.25, 0.3) is 0 Å². The second-order valence-electron chi connectivity index (χ2n) is 6.04. The standard InChI is InChI=1S/C16H26N2/c1-12-4-5-15(13(2)8-12)6-7-18(3)11-14-9-16(17)10-14/h4-5,8,14,16H,6-7,9-11,17H2,1-3H3. The Morgan fingerprint density at radius 1 is 1.28 bits per heavy atom. The van der Waals surface area contributed by atoms with Gasteiger partial charge in [0.05, 0.1) is 0 Å². The first-order valence-electron chi connectivity index (χ1n) is 7.05. The summed E-state index contributed by atoms with van der Waals surface area (Å²) >= 11 is 0. The summed E-state index contributed by atoms with van der Waals surface area (Å²) in [6, 6.07) is 7.24. The van der Waals surface area contributed by atoms with Gasteiger partial charge in [0.25, 0.3) is 0 Å². The fraction of sp³-hybridized carbons (Fsp3) is 0.625. The molecule has 0 aromatic heterocycles. The largest absolute Gasteiger partial charge is 0.328 e. The molecule has 2 N–H and O–H groups in total. The molecule has 0 heterocycles. The van der Waals surface area contributed by atoms with Crippen LogP contribution in [0, 0.1) is 19.8 Å². The van der Waals surface area contributed by atoms with Gasteiger partial charge in [0.15, 0.2) is 0 Å². The molecule has 1 aromatic rings. The molecule has 0 bridgehead atoms. The smallest absolute Gasteiger partial charge is 0.00450 e. The van der Waals surface area contributed by atoms with Gasteiger partial charge < -0.3 is 10.6 Å². The van der Waals surface area contributed by atoms with Crippen LogP contribution in [0.3, 0.4) is 0 Å². The molecule has 0 unspecified atom stereocenters. The van der Waals surface area contributed by atoms with Crippen LogP contribution >= 0.6 is 0 Å². The highest BCUT2D eigenvalue weighted by atomic mass is 15.1. The highest BCUT2D eigenvalue weighted by molar-refractivity contribution is 5.30. The third kappa shape index (κ3) is 3.56. The van der Waals surface area contributed by atoms with E-state index in [1.807, 2.05) is 0 Å². The van der Waals surface area contributed by atoms with Crippen LogP contribution < -0.4 is 5.73 Å². The van der Waals surface area contributed by atoms with Gasteiger partial charge in [-0.3, -0.25) is 0 Å². The zero-order valence-electron chi connectivity index (χ0n) is 11.9. The third-order valence-corrected chi connectivity index (χ3v) is 4.10. The summed E-state index contributed by atoms with van der Waals surface area (Å²) in [4.78, 5) is 2.45. The predicted octanol–water partition coefficient (Wildman–Crippen LogP) is 2.52. The lowest BCUT2D eigenvalue weighted by Crippen LogP contribution is -2.42. The number of rotatable bonds is 5. The molecule has 1 fully saturated rings. The van der Waals surface area contributed by atoms with E-state index in [9.17, 15) is 0 Å². The summed E-state index contributed by atoms with van der Waals surface area (Å²) < 4.78 is 0. The maximum absolute atomic E-state index is 5.83. The molecule has 1 aromatic carbocycles. The normalized spacial score (nSPS) is 23.2. The molecule has 0 spiro atoms. The summed E-state index contributed by atoms with van der Waals surface area (Å²) in [5, 5.41) is 0. The van der Waals surface area contributed by atoms with E-state index in [4.69, 9.17) is 5.73 Å². The van der Waals surface area contributed by atoms with Crippen LogP contribution in [0.4, 0.5) is 0 Å². The van der Waals surface area contributed by atoms with E-state index in [0.717, 1.165) is 18.9 Å². The Bertz CT molecular complexity index is 394. The van der Waals surface area contributed by atoms with Crippen molar-refractivity contribution in [3.05, 3.63) is 34.9 Å². The van der Waals surface area contributed by atoms with E-state index in [1.54, 1.807) is 0 Å². The molecule has 0 radical (unpaired) electrons. The summed E-state index contributed by atoms with van der Waals surface area (Å²) in [7, 11) is 2.23. The van der Waals surface area contributed by atoms with Crippen LogP contribution in [0.1, 0.15) is 29.5 Å². The van der Waals surface area contributed by atoms with Crippen molar-refractivity contribution in [2.45, 2.75) is 39.2 Å². The molecule has 0 aliphatic heterocycles. The maximum Gasteiger partial charge on any atom is 0.00450 e. The zero-order valence-corrected chi connectivity index (χ0v) is 11.9. The van der Waals surface area contributed by atoms with Crippen LogP contribution in [0.2, 0.25) is 0 Å². The topological polar surface area (TPSA) is 29.3 Å². The first kappa shape index (κ1) is 13.6. The van der Waals surface area contributed by atoms with Gasteiger partial charge in [0.1, 0.15) is 0 Å². The highest BCUT2D eigenvalue weighted by Crippen LogP contribution is 2.26. The van der Waals surface area contributed by atoms with Gasteiger partial charge in [0, 0.05) is 19.1 Å². The van der Waals surface area contributed by atoms with Crippen molar-refractivity contribution in [2.24, 2.45) is 11.7 Å². The second kappa shape index (κ2) is 5.85. The van der Waals surface area contributed by atoms with E-state index in [2.05, 4.69) is 44.0 Å².